The molecular weight excluding hydrogens is 685 g/mol. The lowest BCUT2D eigenvalue weighted by Gasteiger charge is -2.38. The highest BCUT2D eigenvalue weighted by Gasteiger charge is 2.40. The van der Waals surface area contributed by atoms with Crippen molar-refractivity contribution in [2.75, 3.05) is 44.3 Å². The Morgan fingerprint density at radius 1 is 0.978 bits per heavy atom. The van der Waals surface area contributed by atoms with Crippen molar-refractivity contribution in [3.63, 3.8) is 0 Å². The van der Waals surface area contributed by atoms with Crippen LogP contribution in [0.3, 0.4) is 0 Å². The Kier molecular flexibility index (Phi) is 10.9. The minimum absolute atomic E-state index is 0.0196. The van der Waals surface area contributed by atoms with Gasteiger partial charge in [0.25, 0.3) is 0 Å². The molecule has 0 atom stereocenters. The van der Waals surface area contributed by atoms with E-state index < -0.39 is 5.91 Å². The van der Waals surface area contributed by atoms with Gasteiger partial charge in [-0.15, -0.1) is 0 Å². The molecule has 0 unspecified atom stereocenters. The van der Waals surface area contributed by atoms with E-state index >= 15 is 0 Å². The van der Waals surface area contributed by atoms with Gasteiger partial charge in [-0.25, -0.2) is 14.8 Å². The predicted molar refractivity (Wildman–Crippen MR) is 183 cm³/mol. The Bertz CT molecular complexity index is 1490. The molecule has 5 rings (SSSR count). The third kappa shape index (κ3) is 8.74. The van der Waals surface area contributed by atoms with Crippen LogP contribution in [0.2, 0.25) is 0 Å². The number of benzene rings is 2. The smallest absolute Gasteiger partial charge is 0.317 e. The summed E-state index contributed by atoms with van der Waals surface area (Å²) in [6.45, 7) is 3.03. The maximum absolute atomic E-state index is 12.8. The highest BCUT2D eigenvalue weighted by Crippen LogP contribution is 2.25. The molecule has 0 bridgehead atoms. The maximum atomic E-state index is 12.8. The van der Waals surface area contributed by atoms with E-state index in [-0.39, 0.29) is 28.9 Å². The number of carbonyl (C=O) groups is 2. The fourth-order valence-electron chi connectivity index (χ4n) is 5.45. The Morgan fingerprint density at radius 2 is 1.71 bits per heavy atom. The summed E-state index contributed by atoms with van der Waals surface area (Å²) in [5.41, 5.74) is 14.4. The number of alkyl halides is 1. The third-order valence-electron chi connectivity index (χ3n) is 8.14. The standard InChI is InChI=1S/C32H40IN9O3/c33-20-25-27(34)39-28(35)26(38-25)29(43)40-30-37-21-32(41-30)14-17-42(18-15-32)31(44)36-16-13-23-9-11-24(12-10-23)45-19-5-4-8-22-6-2-1-3-7-22/h1-3,6-7,9-12H,4-5,8,13-21H2,(H,36,44)(H4,34,35,39)(H2,37,40,41,43). The molecule has 0 saturated carbocycles. The zero-order valence-electron chi connectivity index (χ0n) is 25.2. The molecule has 2 aliphatic heterocycles. The summed E-state index contributed by atoms with van der Waals surface area (Å²) in [7, 11) is 0. The van der Waals surface area contributed by atoms with Crippen LogP contribution in [0.4, 0.5) is 16.4 Å². The number of unbranched alkanes of at least 4 members (excludes halogenated alkanes) is 1. The normalized spacial score (nSPS) is 16.3. The summed E-state index contributed by atoms with van der Waals surface area (Å²) in [5, 5.41) is 9.58. The SMILES string of the molecule is Nc1nc(N)c(C(=O)/N=C2\NCC3(CCN(C(=O)NCCc4ccc(OCCCCc5ccccc5)cc4)CC3)N2)nc1CI. The Labute approximate surface area is 276 Å². The average Bonchev–Trinajstić information content (AvgIpc) is 3.43. The fraction of sp³-hybridized carbons (Fsp3) is 0.406. The molecule has 1 aromatic heterocycles. The van der Waals surface area contributed by atoms with Crippen molar-refractivity contribution in [2.24, 2.45) is 4.99 Å². The van der Waals surface area contributed by atoms with Crippen LogP contribution in [0.5, 0.6) is 5.75 Å². The van der Waals surface area contributed by atoms with Crippen molar-refractivity contribution in [3.05, 3.63) is 77.1 Å². The van der Waals surface area contributed by atoms with Gasteiger partial charge in [-0.3, -0.25) is 4.79 Å². The first kappa shape index (κ1) is 32.3. The predicted octanol–water partition coefficient (Wildman–Crippen LogP) is 3.45. The number of halogens is 1. The Hall–Kier alpha value is -4.14. The number of hydrogen-bond donors (Lipinski definition) is 5. The summed E-state index contributed by atoms with van der Waals surface area (Å²) >= 11 is 2.10. The molecule has 2 aliphatic rings. The van der Waals surface area contributed by atoms with E-state index in [1.165, 1.54) is 5.56 Å². The first-order valence-electron chi connectivity index (χ1n) is 15.3. The van der Waals surface area contributed by atoms with Crippen LogP contribution in [0, 0.1) is 0 Å². The van der Waals surface area contributed by atoms with Crippen LogP contribution in [0.15, 0.2) is 59.6 Å². The number of nitrogens with two attached hydrogens (primary N) is 2. The highest BCUT2D eigenvalue weighted by molar-refractivity contribution is 14.1. The highest BCUT2D eigenvalue weighted by atomic mass is 127. The first-order valence-corrected chi connectivity index (χ1v) is 16.8. The van der Waals surface area contributed by atoms with Crippen molar-refractivity contribution in [1.82, 2.24) is 30.8 Å². The molecule has 1 spiro atoms. The number of nitrogens with one attached hydrogen (secondary N) is 3. The van der Waals surface area contributed by atoms with Crippen LogP contribution < -0.4 is 32.2 Å². The number of ether oxygens (including phenoxy) is 1. The Morgan fingerprint density at radius 3 is 2.44 bits per heavy atom. The lowest BCUT2D eigenvalue weighted by molar-refractivity contribution is 0.0998. The van der Waals surface area contributed by atoms with E-state index in [1.54, 1.807) is 0 Å². The van der Waals surface area contributed by atoms with Gasteiger partial charge in [-0.05, 0) is 61.8 Å². The second-order valence-corrected chi connectivity index (χ2v) is 12.1. The molecule has 0 radical (unpaired) electrons. The van der Waals surface area contributed by atoms with Crippen molar-refractivity contribution >= 4 is 52.1 Å². The molecule has 3 heterocycles. The van der Waals surface area contributed by atoms with E-state index in [0.29, 0.717) is 48.9 Å². The molecule has 3 aromatic rings. The van der Waals surface area contributed by atoms with Gasteiger partial charge in [0, 0.05) is 30.6 Å². The number of hydrogen-bond acceptors (Lipinski definition) is 7. The number of aryl methyl sites for hydroxylation is 1. The number of amides is 3. The number of aromatic nitrogens is 2. The number of piperidine rings is 1. The zero-order valence-corrected chi connectivity index (χ0v) is 27.4. The topological polar surface area (TPSA) is 173 Å². The number of nitrogen functional groups attached to an aromatic ring is 2. The minimum Gasteiger partial charge on any atom is -0.494 e. The number of urea groups is 1. The van der Waals surface area contributed by atoms with Gasteiger partial charge >= 0.3 is 11.9 Å². The van der Waals surface area contributed by atoms with Crippen molar-refractivity contribution < 1.29 is 14.3 Å². The van der Waals surface area contributed by atoms with Crippen LogP contribution >= 0.6 is 22.6 Å². The molecule has 7 N–H and O–H groups in total. The van der Waals surface area contributed by atoms with Crippen LogP contribution in [-0.4, -0.2) is 71.1 Å². The van der Waals surface area contributed by atoms with E-state index in [2.05, 4.69) is 89.9 Å². The number of aliphatic imine (C=N–C) groups is 1. The van der Waals surface area contributed by atoms with Crippen molar-refractivity contribution in [1.29, 1.82) is 0 Å². The van der Waals surface area contributed by atoms with E-state index in [9.17, 15) is 9.59 Å². The number of rotatable bonds is 11. The summed E-state index contributed by atoms with van der Waals surface area (Å²) in [6.07, 6.45) is 5.35. The largest absolute Gasteiger partial charge is 0.494 e. The lowest BCUT2D eigenvalue weighted by atomic mass is 9.89. The second kappa shape index (κ2) is 15.2. The van der Waals surface area contributed by atoms with Crippen molar-refractivity contribution in [2.45, 2.75) is 48.5 Å². The van der Waals surface area contributed by atoms with Gasteiger partial charge in [-0.1, -0.05) is 65.1 Å². The Balaban J connectivity index is 0.995. The van der Waals surface area contributed by atoms with Gasteiger partial charge in [0.05, 0.1) is 17.8 Å². The summed E-state index contributed by atoms with van der Waals surface area (Å²) in [6, 6.07) is 18.5. The summed E-state index contributed by atoms with van der Waals surface area (Å²) in [5.74, 6) is 0.802. The number of likely N-dealkylation sites (tertiary alicyclic amines) is 1. The quantitative estimate of drug-likeness (QED) is 0.113. The molecular formula is C32H40IN9O3. The zero-order chi connectivity index (χ0) is 31.6. The van der Waals surface area contributed by atoms with Gasteiger partial charge in [0.1, 0.15) is 11.6 Å². The number of nitrogens with zero attached hydrogens (tertiary/aromatic N) is 4. The first-order chi connectivity index (χ1) is 21.8. The third-order valence-corrected chi connectivity index (χ3v) is 8.86. The van der Waals surface area contributed by atoms with Crippen LogP contribution in [0.25, 0.3) is 0 Å². The molecule has 0 aliphatic carbocycles. The van der Waals surface area contributed by atoms with Crippen molar-refractivity contribution in [3.8, 4) is 5.75 Å². The summed E-state index contributed by atoms with van der Waals surface area (Å²) < 4.78 is 6.40. The maximum Gasteiger partial charge on any atom is 0.317 e. The van der Waals surface area contributed by atoms with E-state index in [1.807, 2.05) is 23.1 Å². The molecule has 2 fully saturated rings. The van der Waals surface area contributed by atoms with Crippen LogP contribution in [-0.2, 0) is 17.3 Å². The summed E-state index contributed by atoms with van der Waals surface area (Å²) in [4.78, 5) is 39.9. The number of carbonyl (C=O) groups excluding carboxylic acids is 2. The van der Waals surface area contributed by atoms with Gasteiger partial charge in [0.2, 0.25) is 0 Å². The van der Waals surface area contributed by atoms with Gasteiger partial charge < -0.3 is 37.1 Å². The monoisotopic (exact) mass is 725 g/mol. The minimum atomic E-state index is -0.591. The van der Waals surface area contributed by atoms with Gasteiger partial charge in [-0.2, -0.15) is 4.99 Å². The molecule has 3 amide bonds. The number of anilines is 2. The lowest BCUT2D eigenvalue weighted by Crippen LogP contribution is -2.55. The fourth-order valence-corrected chi connectivity index (χ4v) is 6.01. The average molecular weight is 726 g/mol. The van der Waals surface area contributed by atoms with Crippen LogP contribution in [0.1, 0.15) is 53.0 Å². The van der Waals surface area contributed by atoms with E-state index in [0.717, 1.165) is 49.8 Å². The molecule has 2 saturated heterocycles. The molecule has 45 heavy (non-hydrogen) atoms. The van der Waals surface area contributed by atoms with Gasteiger partial charge in [0.15, 0.2) is 17.5 Å². The molecule has 13 heteroatoms. The second-order valence-electron chi connectivity index (χ2n) is 11.4. The molecule has 2 aromatic carbocycles. The molecule has 12 nitrogen and oxygen atoms in total. The number of guanidine groups is 1. The molecule has 238 valence electrons. The van der Waals surface area contributed by atoms with E-state index in [4.69, 9.17) is 16.2 Å².